The van der Waals surface area contributed by atoms with Crippen molar-refractivity contribution < 1.29 is 14.3 Å². The molecule has 0 saturated carbocycles. The van der Waals surface area contributed by atoms with Gasteiger partial charge in [-0.3, -0.25) is 19.7 Å². The van der Waals surface area contributed by atoms with Gasteiger partial charge in [0, 0.05) is 31.0 Å². The van der Waals surface area contributed by atoms with Gasteiger partial charge in [0.15, 0.2) is 0 Å². The summed E-state index contributed by atoms with van der Waals surface area (Å²) >= 11 is 0. The quantitative estimate of drug-likeness (QED) is 0.562. The minimum Gasteiger partial charge on any atom is -0.496 e. The number of benzene rings is 1. The normalized spacial score (nSPS) is 16.0. The highest BCUT2D eigenvalue weighted by Crippen LogP contribution is 2.23. The number of hydrogen-bond donors (Lipinski definition) is 1. The van der Waals surface area contributed by atoms with Crippen molar-refractivity contribution in [2.45, 2.75) is 12.6 Å². The first-order valence-corrected chi connectivity index (χ1v) is 10.8. The van der Waals surface area contributed by atoms with Gasteiger partial charge in [-0.1, -0.05) is 18.2 Å². The second-order valence-corrected chi connectivity index (χ2v) is 7.87. The molecule has 1 fully saturated rings. The first kappa shape index (κ1) is 22.6. The first-order valence-electron chi connectivity index (χ1n) is 10.8. The molecular formula is C24H28N6O3. The maximum absolute atomic E-state index is 12.9. The van der Waals surface area contributed by atoms with E-state index in [9.17, 15) is 4.79 Å². The van der Waals surface area contributed by atoms with Crippen LogP contribution in [0.2, 0.25) is 0 Å². The minimum absolute atomic E-state index is 0.0710. The van der Waals surface area contributed by atoms with Gasteiger partial charge >= 0.3 is 0 Å². The lowest BCUT2D eigenvalue weighted by atomic mass is 10.1. The Morgan fingerprint density at radius 1 is 1.21 bits per heavy atom. The maximum atomic E-state index is 12.9. The predicted octanol–water partition coefficient (Wildman–Crippen LogP) is 2.66. The van der Waals surface area contributed by atoms with Crippen molar-refractivity contribution in [3.05, 3.63) is 72.4 Å². The van der Waals surface area contributed by atoms with Crippen LogP contribution in [0.15, 0.2) is 61.2 Å². The zero-order chi connectivity index (χ0) is 23.0. The highest BCUT2D eigenvalue weighted by atomic mass is 16.5. The van der Waals surface area contributed by atoms with Crippen LogP contribution >= 0.6 is 0 Å². The molecule has 33 heavy (non-hydrogen) atoms. The van der Waals surface area contributed by atoms with Crippen LogP contribution in [-0.2, 0) is 16.1 Å². The standard InChI is InChI=1S/C24H28N6O3/c1-29(15-18-5-3-4-6-21(18)32-2)17-24(31)30-11-12-33-22(16-30)20-8-7-19(13-27-20)28-23-14-25-9-10-26-23/h3-10,13-14,22H,11-12,15-17H2,1-2H3,(H,26,28)/t22-/m0/s1. The fourth-order valence-electron chi connectivity index (χ4n) is 3.75. The molecule has 0 bridgehead atoms. The molecule has 9 nitrogen and oxygen atoms in total. The molecule has 9 heteroatoms. The van der Waals surface area contributed by atoms with Gasteiger partial charge in [0.05, 0.1) is 50.6 Å². The van der Waals surface area contributed by atoms with Crippen LogP contribution in [0.4, 0.5) is 11.5 Å². The van der Waals surface area contributed by atoms with Crippen LogP contribution in [0, 0.1) is 0 Å². The number of nitrogens with zero attached hydrogens (tertiary/aromatic N) is 5. The van der Waals surface area contributed by atoms with Gasteiger partial charge in [0.25, 0.3) is 0 Å². The topological polar surface area (TPSA) is 92.7 Å². The largest absolute Gasteiger partial charge is 0.496 e. The molecule has 0 radical (unpaired) electrons. The van der Waals surface area contributed by atoms with Gasteiger partial charge in [0.2, 0.25) is 5.91 Å². The monoisotopic (exact) mass is 448 g/mol. The number of aromatic nitrogens is 3. The van der Waals surface area contributed by atoms with E-state index in [4.69, 9.17) is 9.47 Å². The Labute approximate surface area is 193 Å². The number of amides is 1. The second kappa shape index (κ2) is 10.8. The average molecular weight is 449 g/mol. The summed E-state index contributed by atoms with van der Waals surface area (Å²) in [6, 6.07) is 11.7. The maximum Gasteiger partial charge on any atom is 0.236 e. The number of anilines is 2. The summed E-state index contributed by atoms with van der Waals surface area (Å²) in [4.78, 5) is 29.5. The molecule has 1 aromatic carbocycles. The second-order valence-electron chi connectivity index (χ2n) is 7.87. The number of pyridine rings is 1. The van der Waals surface area contributed by atoms with E-state index in [0.717, 1.165) is 22.7 Å². The summed E-state index contributed by atoms with van der Waals surface area (Å²) in [5.41, 5.74) is 2.65. The van der Waals surface area contributed by atoms with Crippen molar-refractivity contribution in [2.75, 3.05) is 45.7 Å². The molecule has 2 aromatic heterocycles. The van der Waals surface area contributed by atoms with Gasteiger partial charge in [-0.2, -0.15) is 0 Å². The number of methoxy groups -OCH3 is 1. The minimum atomic E-state index is -0.257. The molecule has 172 valence electrons. The summed E-state index contributed by atoms with van der Waals surface area (Å²) in [5, 5.41) is 3.15. The number of hydrogen-bond acceptors (Lipinski definition) is 8. The first-order chi connectivity index (χ1) is 16.1. The molecule has 0 unspecified atom stereocenters. The van der Waals surface area contributed by atoms with E-state index in [1.807, 2.05) is 53.2 Å². The zero-order valence-corrected chi connectivity index (χ0v) is 18.8. The van der Waals surface area contributed by atoms with Gasteiger partial charge in [-0.15, -0.1) is 0 Å². The highest BCUT2D eigenvalue weighted by Gasteiger charge is 2.27. The van der Waals surface area contributed by atoms with E-state index in [-0.39, 0.29) is 12.0 Å². The van der Waals surface area contributed by atoms with Crippen molar-refractivity contribution in [3.8, 4) is 5.75 Å². The van der Waals surface area contributed by atoms with E-state index in [2.05, 4.69) is 20.3 Å². The van der Waals surface area contributed by atoms with Gasteiger partial charge < -0.3 is 19.7 Å². The number of carbonyl (C=O) groups excluding carboxylic acids is 1. The van der Waals surface area contributed by atoms with Crippen LogP contribution < -0.4 is 10.1 Å². The van der Waals surface area contributed by atoms with Crippen molar-refractivity contribution in [2.24, 2.45) is 0 Å². The Hall–Kier alpha value is -3.56. The van der Waals surface area contributed by atoms with Crippen LogP contribution in [0.25, 0.3) is 0 Å². The van der Waals surface area contributed by atoms with Crippen LogP contribution in [0.3, 0.4) is 0 Å². The Morgan fingerprint density at radius 2 is 2.09 bits per heavy atom. The van der Waals surface area contributed by atoms with E-state index in [1.165, 1.54) is 0 Å². The highest BCUT2D eigenvalue weighted by molar-refractivity contribution is 5.78. The molecule has 0 spiro atoms. The molecule has 4 rings (SSSR count). The van der Waals surface area contributed by atoms with Gasteiger partial charge in [0.1, 0.15) is 17.7 Å². The fourth-order valence-corrected chi connectivity index (χ4v) is 3.75. The Morgan fingerprint density at radius 3 is 2.85 bits per heavy atom. The number of carbonyl (C=O) groups is 1. The molecule has 1 aliphatic heterocycles. The molecule has 1 N–H and O–H groups in total. The number of morpholine rings is 1. The van der Waals surface area contributed by atoms with Crippen molar-refractivity contribution in [3.63, 3.8) is 0 Å². The Bertz CT molecular complexity index is 1050. The average Bonchev–Trinajstić information content (AvgIpc) is 2.85. The lowest BCUT2D eigenvalue weighted by Gasteiger charge is -2.33. The van der Waals surface area contributed by atoms with Crippen molar-refractivity contribution in [1.29, 1.82) is 0 Å². The lowest BCUT2D eigenvalue weighted by Crippen LogP contribution is -2.46. The van der Waals surface area contributed by atoms with Crippen molar-refractivity contribution in [1.82, 2.24) is 24.8 Å². The molecule has 1 atom stereocenters. The smallest absolute Gasteiger partial charge is 0.236 e. The number of rotatable bonds is 8. The summed E-state index contributed by atoms with van der Waals surface area (Å²) in [6.07, 6.45) is 6.37. The third kappa shape index (κ3) is 6.03. The number of likely N-dealkylation sites (N-methyl/N-ethyl adjacent to an activating group) is 1. The molecule has 1 amide bonds. The molecule has 3 aromatic rings. The van der Waals surface area contributed by atoms with Gasteiger partial charge in [-0.25, -0.2) is 4.98 Å². The molecule has 3 heterocycles. The third-order valence-corrected chi connectivity index (χ3v) is 5.41. The Kier molecular flexibility index (Phi) is 7.43. The lowest BCUT2D eigenvalue weighted by molar-refractivity contribution is -0.140. The van der Waals surface area contributed by atoms with Crippen LogP contribution in [-0.4, -0.2) is 71.1 Å². The summed E-state index contributed by atoms with van der Waals surface area (Å²) < 4.78 is 11.3. The summed E-state index contributed by atoms with van der Waals surface area (Å²) in [7, 11) is 3.59. The molecule has 1 saturated heterocycles. The Balaban J connectivity index is 1.32. The summed E-state index contributed by atoms with van der Waals surface area (Å²) in [5.74, 6) is 1.54. The number of ether oxygens (including phenoxy) is 2. The number of nitrogens with one attached hydrogen (secondary N) is 1. The molecule has 1 aliphatic rings. The van der Waals surface area contributed by atoms with E-state index < -0.39 is 0 Å². The van der Waals surface area contributed by atoms with E-state index in [1.54, 1.807) is 31.9 Å². The van der Waals surface area contributed by atoms with Crippen LogP contribution in [0.1, 0.15) is 17.4 Å². The third-order valence-electron chi connectivity index (χ3n) is 5.41. The SMILES string of the molecule is COc1ccccc1CN(C)CC(=O)N1CCO[C@H](c2ccc(Nc3cnccn3)cn2)C1. The van der Waals surface area contributed by atoms with E-state index >= 15 is 0 Å². The summed E-state index contributed by atoms with van der Waals surface area (Å²) in [6.45, 7) is 2.48. The van der Waals surface area contributed by atoms with Gasteiger partial charge in [-0.05, 0) is 25.2 Å². The molecule has 0 aliphatic carbocycles. The zero-order valence-electron chi connectivity index (χ0n) is 18.8. The fraction of sp³-hybridized carbons (Fsp3) is 0.333. The molecular weight excluding hydrogens is 420 g/mol. The predicted molar refractivity (Wildman–Crippen MR) is 124 cm³/mol. The van der Waals surface area contributed by atoms with Crippen molar-refractivity contribution >= 4 is 17.4 Å². The number of para-hydroxylation sites is 1. The van der Waals surface area contributed by atoms with Crippen LogP contribution in [0.5, 0.6) is 5.75 Å². The van der Waals surface area contributed by atoms with E-state index in [0.29, 0.717) is 38.6 Å².